The summed E-state index contributed by atoms with van der Waals surface area (Å²) in [6, 6.07) is 10.8. The Kier molecular flexibility index (Phi) is 5.65. The zero-order valence-electron chi connectivity index (χ0n) is 10.8. The van der Waals surface area contributed by atoms with Gasteiger partial charge in [-0.2, -0.15) is 14.0 Å². The SMILES string of the molecule is N#Cc1ccc(Br)cc1NCc1ccc(CSC(F)F)o1. The summed E-state index contributed by atoms with van der Waals surface area (Å²) < 4.78 is 30.5. The van der Waals surface area contributed by atoms with E-state index < -0.39 is 5.76 Å². The number of benzene rings is 1. The van der Waals surface area contributed by atoms with Gasteiger partial charge in [-0.25, -0.2) is 0 Å². The van der Waals surface area contributed by atoms with Gasteiger partial charge in [0, 0.05) is 4.47 Å². The molecule has 1 aromatic heterocycles. The van der Waals surface area contributed by atoms with Crippen LogP contribution in [-0.2, 0) is 12.3 Å². The van der Waals surface area contributed by atoms with Crippen LogP contribution < -0.4 is 5.32 Å². The highest BCUT2D eigenvalue weighted by molar-refractivity contribution is 9.10. The normalized spacial score (nSPS) is 10.6. The van der Waals surface area contributed by atoms with Crippen LogP contribution in [-0.4, -0.2) is 5.76 Å². The summed E-state index contributed by atoms with van der Waals surface area (Å²) in [5.74, 6) is -1.13. The molecule has 0 aliphatic rings. The maximum Gasteiger partial charge on any atom is 0.284 e. The van der Waals surface area contributed by atoms with Gasteiger partial charge in [0.05, 0.1) is 23.5 Å². The molecule has 0 saturated heterocycles. The molecule has 0 radical (unpaired) electrons. The van der Waals surface area contributed by atoms with Gasteiger partial charge in [0.25, 0.3) is 5.76 Å². The van der Waals surface area contributed by atoms with E-state index in [4.69, 9.17) is 9.68 Å². The zero-order chi connectivity index (χ0) is 15.2. The molecule has 0 aliphatic carbocycles. The first kappa shape index (κ1) is 15.9. The van der Waals surface area contributed by atoms with Crippen LogP contribution in [0, 0.1) is 11.3 Å². The summed E-state index contributed by atoms with van der Waals surface area (Å²) in [5, 5.41) is 12.1. The molecule has 110 valence electrons. The number of hydrogen-bond acceptors (Lipinski definition) is 4. The fourth-order valence-electron chi connectivity index (χ4n) is 1.68. The van der Waals surface area contributed by atoms with Crippen molar-refractivity contribution in [3.63, 3.8) is 0 Å². The van der Waals surface area contributed by atoms with Crippen LogP contribution >= 0.6 is 27.7 Å². The molecule has 0 amide bonds. The number of thioether (sulfide) groups is 1. The number of halogens is 3. The lowest BCUT2D eigenvalue weighted by Gasteiger charge is -2.07. The zero-order valence-corrected chi connectivity index (χ0v) is 13.2. The van der Waals surface area contributed by atoms with Crippen molar-refractivity contribution in [2.24, 2.45) is 0 Å². The summed E-state index contributed by atoms with van der Waals surface area (Å²) in [6.07, 6.45) is 0. The first-order valence-corrected chi connectivity index (χ1v) is 7.83. The Morgan fingerprint density at radius 2 is 2.05 bits per heavy atom. The number of furan rings is 1. The monoisotopic (exact) mass is 372 g/mol. The fourth-order valence-corrected chi connectivity index (χ4v) is 2.49. The standard InChI is InChI=1S/C14H11BrF2N2OS/c15-10-2-1-9(6-18)13(5-10)19-7-11-3-4-12(20-11)8-21-14(16)17/h1-5,14,19H,7-8H2. The smallest absolute Gasteiger partial charge is 0.284 e. The summed E-state index contributed by atoms with van der Waals surface area (Å²) in [6.45, 7) is 0.379. The van der Waals surface area contributed by atoms with Crippen molar-refractivity contribution in [1.29, 1.82) is 5.26 Å². The van der Waals surface area contributed by atoms with E-state index in [-0.39, 0.29) is 5.75 Å². The third-order valence-electron chi connectivity index (χ3n) is 2.62. The van der Waals surface area contributed by atoms with Crippen LogP contribution in [0.5, 0.6) is 0 Å². The number of alkyl halides is 2. The lowest BCUT2D eigenvalue weighted by atomic mass is 10.2. The van der Waals surface area contributed by atoms with Crippen LogP contribution in [0.25, 0.3) is 0 Å². The molecule has 1 aromatic carbocycles. The highest BCUT2D eigenvalue weighted by Crippen LogP contribution is 2.23. The van der Waals surface area contributed by atoms with E-state index >= 15 is 0 Å². The minimum atomic E-state index is -2.41. The third-order valence-corrected chi connectivity index (χ3v) is 3.82. The quantitative estimate of drug-likeness (QED) is 0.776. The molecular formula is C14H11BrF2N2OS. The van der Waals surface area contributed by atoms with Gasteiger partial charge in [-0.3, -0.25) is 0 Å². The molecule has 7 heteroatoms. The van der Waals surface area contributed by atoms with Gasteiger partial charge in [-0.05, 0) is 30.3 Å². The van der Waals surface area contributed by atoms with Gasteiger partial charge in [0.2, 0.25) is 0 Å². The molecule has 2 rings (SSSR count). The van der Waals surface area contributed by atoms with Crippen molar-refractivity contribution >= 4 is 33.4 Å². The van der Waals surface area contributed by atoms with Crippen molar-refractivity contribution in [2.75, 3.05) is 5.32 Å². The summed E-state index contributed by atoms with van der Waals surface area (Å²) >= 11 is 3.87. The van der Waals surface area contributed by atoms with E-state index in [1.165, 1.54) is 0 Å². The number of rotatable bonds is 6. The topological polar surface area (TPSA) is 49.0 Å². The van der Waals surface area contributed by atoms with Crippen molar-refractivity contribution < 1.29 is 13.2 Å². The molecule has 0 aliphatic heterocycles. The summed E-state index contributed by atoms with van der Waals surface area (Å²) in [4.78, 5) is 0. The summed E-state index contributed by atoms with van der Waals surface area (Å²) in [5.41, 5.74) is 1.21. The number of nitrogens with zero attached hydrogens (tertiary/aromatic N) is 1. The molecule has 0 spiro atoms. The summed E-state index contributed by atoms with van der Waals surface area (Å²) in [7, 11) is 0. The first-order chi connectivity index (χ1) is 10.1. The molecule has 1 N–H and O–H groups in total. The second kappa shape index (κ2) is 7.48. The molecule has 0 atom stereocenters. The van der Waals surface area contributed by atoms with E-state index in [9.17, 15) is 8.78 Å². The van der Waals surface area contributed by atoms with Crippen molar-refractivity contribution in [1.82, 2.24) is 0 Å². The maximum absolute atomic E-state index is 12.1. The lowest BCUT2D eigenvalue weighted by molar-refractivity contribution is 0.251. The van der Waals surface area contributed by atoms with Crippen LogP contribution in [0.1, 0.15) is 17.1 Å². The highest BCUT2D eigenvalue weighted by atomic mass is 79.9. The average molecular weight is 373 g/mol. The number of nitrogens with one attached hydrogen (secondary N) is 1. The maximum atomic E-state index is 12.1. The molecule has 2 aromatic rings. The van der Waals surface area contributed by atoms with E-state index in [1.807, 2.05) is 0 Å². The van der Waals surface area contributed by atoms with Gasteiger partial charge in [-0.15, -0.1) is 0 Å². The fraction of sp³-hybridized carbons (Fsp3) is 0.214. The van der Waals surface area contributed by atoms with Gasteiger partial charge in [0.1, 0.15) is 17.6 Å². The van der Waals surface area contributed by atoms with E-state index in [0.717, 1.165) is 4.47 Å². The van der Waals surface area contributed by atoms with Crippen molar-refractivity contribution in [2.45, 2.75) is 18.1 Å². The Balaban J connectivity index is 1.97. The van der Waals surface area contributed by atoms with Crippen LogP contribution in [0.2, 0.25) is 0 Å². The predicted octanol–water partition coefficient (Wildman–Crippen LogP) is 4.98. The Morgan fingerprint density at radius 1 is 1.29 bits per heavy atom. The largest absolute Gasteiger partial charge is 0.463 e. The van der Waals surface area contributed by atoms with E-state index in [0.29, 0.717) is 41.1 Å². The second-order valence-electron chi connectivity index (χ2n) is 4.09. The van der Waals surface area contributed by atoms with Crippen LogP contribution in [0.15, 0.2) is 39.2 Å². The van der Waals surface area contributed by atoms with Gasteiger partial charge in [0.15, 0.2) is 0 Å². The molecular weight excluding hydrogens is 362 g/mol. The third kappa shape index (κ3) is 4.76. The first-order valence-electron chi connectivity index (χ1n) is 5.99. The number of nitriles is 1. The van der Waals surface area contributed by atoms with E-state index in [2.05, 4.69) is 27.3 Å². The molecule has 0 bridgehead atoms. The number of anilines is 1. The number of hydrogen-bond donors (Lipinski definition) is 1. The minimum absolute atomic E-state index is 0.137. The molecule has 0 fully saturated rings. The van der Waals surface area contributed by atoms with Gasteiger partial charge < -0.3 is 9.73 Å². The molecule has 21 heavy (non-hydrogen) atoms. The Bertz CT molecular complexity index is 655. The molecule has 3 nitrogen and oxygen atoms in total. The average Bonchev–Trinajstić information content (AvgIpc) is 2.91. The molecule has 0 saturated carbocycles. The van der Waals surface area contributed by atoms with Crippen LogP contribution in [0.4, 0.5) is 14.5 Å². The lowest BCUT2D eigenvalue weighted by Crippen LogP contribution is -2.00. The van der Waals surface area contributed by atoms with Crippen molar-refractivity contribution in [3.05, 3.63) is 51.9 Å². The van der Waals surface area contributed by atoms with Crippen molar-refractivity contribution in [3.8, 4) is 6.07 Å². The van der Waals surface area contributed by atoms with Gasteiger partial charge in [-0.1, -0.05) is 27.7 Å². The Labute approximate surface area is 133 Å². The Morgan fingerprint density at radius 3 is 2.76 bits per heavy atom. The highest BCUT2D eigenvalue weighted by Gasteiger charge is 2.08. The van der Waals surface area contributed by atoms with Gasteiger partial charge >= 0.3 is 0 Å². The molecule has 1 heterocycles. The minimum Gasteiger partial charge on any atom is -0.463 e. The predicted molar refractivity (Wildman–Crippen MR) is 82.2 cm³/mol. The Hall–Kier alpha value is -1.52. The second-order valence-corrected chi connectivity index (χ2v) is 5.99. The van der Waals surface area contributed by atoms with E-state index in [1.54, 1.807) is 30.3 Å². The van der Waals surface area contributed by atoms with Crippen LogP contribution in [0.3, 0.4) is 0 Å². The molecule has 0 unspecified atom stereocenters.